The molecule has 5 rings (SSSR count). The van der Waals surface area contributed by atoms with Gasteiger partial charge in [-0.2, -0.15) is 5.10 Å². The summed E-state index contributed by atoms with van der Waals surface area (Å²) >= 11 is 0. The van der Waals surface area contributed by atoms with Crippen molar-refractivity contribution >= 4 is 22.5 Å². The van der Waals surface area contributed by atoms with Crippen molar-refractivity contribution in [3.05, 3.63) is 95.7 Å². The molecule has 0 saturated heterocycles. The number of nitrogens with one attached hydrogen (secondary N) is 1. The van der Waals surface area contributed by atoms with Gasteiger partial charge in [0.2, 0.25) is 5.91 Å². The van der Waals surface area contributed by atoms with Crippen LogP contribution in [0.25, 0.3) is 10.9 Å². The number of rotatable bonds is 4. The first-order chi connectivity index (χ1) is 14.1. The summed E-state index contributed by atoms with van der Waals surface area (Å²) in [7, 11) is 2.06. The molecule has 3 N–H and O–H groups in total. The number of nitrogens with zero attached hydrogens (tertiary/aromatic N) is 2. The molecule has 0 aliphatic carbocycles. The van der Waals surface area contributed by atoms with Crippen LogP contribution in [0.1, 0.15) is 22.6 Å². The molecule has 5 nitrogen and oxygen atoms in total. The van der Waals surface area contributed by atoms with Crippen molar-refractivity contribution in [1.82, 2.24) is 10.2 Å². The molecule has 0 bridgehead atoms. The Morgan fingerprint density at radius 3 is 2.45 bits per heavy atom. The van der Waals surface area contributed by atoms with Gasteiger partial charge in [-0.1, -0.05) is 66.7 Å². The van der Waals surface area contributed by atoms with Crippen molar-refractivity contribution in [2.45, 2.75) is 17.9 Å². The van der Waals surface area contributed by atoms with E-state index in [1.807, 2.05) is 54.7 Å². The number of amides is 1. The van der Waals surface area contributed by atoms with Crippen molar-refractivity contribution in [2.24, 2.45) is 5.73 Å². The molecule has 1 aliphatic heterocycles. The highest BCUT2D eigenvalue weighted by atomic mass is 16.1. The lowest BCUT2D eigenvalue weighted by Crippen LogP contribution is -2.49. The van der Waals surface area contributed by atoms with Crippen LogP contribution >= 0.6 is 0 Å². The summed E-state index contributed by atoms with van der Waals surface area (Å²) in [5.74, 6) is -0.803. The number of hydrogen-bond donors (Lipinski definition) is 2. The van der Waals surface area contributed by atoms with Crippen LogP contribution in [0.15, 0.2) is 79.0 Å². The summed E-state index contributed by atoms with van der Waals surface area (Å²) in [6.07, 6.45) is 2.49. The number of hydrogen-bond acceptors (Lipinski definition) is 3. The summed E-state index contributed by atoms with van der Waals surface area (Å²) in [5.41, 5.74) is 10.6. The van der Waals surface area contributed by atoms with Crippen LogP contribution in [0.5, 0.6) is 0 Å². The number of aromatic amines is 1. The number of nitrogens with two attached hydrogens (primary N) is 1. The molecule has 2 heterocycles. The van der Waals surface area contributed by atoms with E-state index in [-0.39, 0.29) is 5.91 Å². The highest BCUT2D eigenvalue weighted by Gasteiger charge is 2.54. The molecule has 2 unspecified atom stereocenters. The third kappa shape index (κ3) is 2.47. The standard InChI is InChI=1S/C24H22N4O/c1-28-22-18(12-13-20-19(22)15-26-27-20)21(23(25)29)24(28,17-10-6-3-7-11-17)14-16-8-4-2-5-9-16/h2-13,15,21H,14H2,1H3,(H2,25,29)(H,26,27). The monoisotopic (exact) mass is 382 g/mol. The van der Waals surface area contributed by atoms with Gasteiger partial charge in [0, 0.05) is 18.9 Å². The number of primary amides is 1. The van der Waals surface area contributed by atoms with E-state index in [4.69, 9.17) is 5.73 Å². The number of H-pyrrole nitrogens is 1. The maximum absolute atomic E-state index is 12.9. The Morgan fingerprint density at radius 1 is 1.07 bits per heavy atom. The molecular weight excluding hydrogens is 360 g/mol. The zero-order valence-electron chi connectivity index (χ0n) is 16.2. The van der Waals surface area contributed by atoms with E-state index in [1.165, 1.54) is 0 Å². The quantitative estimate of drug-likeness (QED) is 0.565. The molecule has 0 radical (unpaired) electrons. The SMILES string of the molecule is CN1c2c(ccc3[nH]ncc23)C(C(N)=O)C1(Cc1ccccc1)c1ccccc1. The van der Waals surface area contributed by atoms with Crippen LogP contribution in [0.3, 0.4) is 0 Å². The first kappa shape index (κ1) is 17.5. The second-order valence-corrected chi connectivity index (χ2v) is 7.68. The van der Waals surface area contributed by atoms with Crippen molar-refractivity contribution in [1.29, 1.82) is 0 Å². The fourth-order valence-corrected chi connectivity index (χ4v) is 4.98. The Morgan fingerprint density at radius 2 is 1.76 bits per heavy atom. The number of aromatic nitrogens is 2. The minimum absolute atomic E-state index is 0.321. The fourth-order valence-electron chi connectivity index (χ4n) is 4.98. The lowest BCUT2D eigenvalue weighted by molar-refractivity contribution is -0.120. The Labute approximate surface area is 169 Å². The molecule has 0 fully saturated rings. The highest BCUT2D eigenvalue weighted by Crippen LogP contribution is 2.55. The molecule has 144 valence electrons. The number of anilines is 1. The number of carbonyl (C=O) groups is 1. The number of fused-ring (bicyclic) bond motifs is 3. The van der Waals surface area contributed by atoms with Gasteiger partial charge in [0.1, 0.15) is 0 Å². The maximum atomic E-state index is 12.9. The van der Waals surface area contributed by atoms with Crippen molar-refractivity contribution < 1.29 is 4.79 Å². The van der Waals surface area contributed by atoms with Gasteiger partial charge in [0.25, 0.3) is 0 Å². The van der Waals surface area contributed by atoms with Crippen LogP contribution in [-0.2, 0) is 16.8 Å². The minimum Gasteiger partial charge on any atom is -0.369 e. The van der Waals surface area contributed by atoms with E-state index in [0.717, 1.165) is 33.3 Å². The van der Waals surface area contributed by atoms with Gasteiger partial charge >= 0.3 is 0 Å². The van der Waals surface area contributed by atoms with Crippen LogP contribution in [0.2, 0.25) is 0 Å². The lowest BCUT2D eigenvalue weighted by Gasteiger charge is -2.42. The summed E-state index contributed by atoms with van der Waals surface area (Å²) in [6, 6.07) is 24.5. The third-order valence-electron chi connectivity index (χ3n) is 6.22. The first-order valence-electron chi connectivity index (χ1n) is 9.71. The zero-order chi connectivity index (χ0) is 20.0. The number of benzene rings is 3. The van der Waals surface area contributed by atoms with Crippen LogP contribution < -0.4 is 10.6 Å². The van der Waals surface area contributed by atoms with Gasteiger partial charge in [0.15, 0.2) is 0 Å². The van der Waals surface area contributed by atoms with E-state index in [1.54, 1.807) is 0 Å². The summed E-state index contributed by atoms with van der Waals surface area (Å²) in [5, 5.41) is 8.26. The average molecular weight is 382 g/mol. The molecule has 2 atom stereocenters. The van der Waals surface area contributed by atoms with Crippen LogP contribution in [0.4, 0.5) is 5.69 Å². The summed E-state index contributed by atoms with van der Waals surface area (Å²) in [6.45, 7) is 0. The highest BCUT2D eigenvalue weighted by molar-refractivity contribution is 6.00. The topological polar surface area (TPSA) is 75.0 Å². The van der Waals surface area contributed by atoms with Gasteiger partial charge in [-0.05, 0) is 22.8 Å². The van der Waals surface area contributed by atoms with E-state index < -0.39 is 11.5 Å². The predicted molar refractivity (Wildman–Crippen MR) is 115 cm³/mol. The van der Waals surface area contributed by atoms with Crippen LogP contribution in [0, 0.1) is 0 Å². The Hall–Kier alpha value is -3.60. The fraction of sp³-hybridized carbons (Fsp3) is 0.167. The Bertz CT molecular complexity index is 1190. The lowest BCUT2D eigenvalue weighted by atomic mass is 9.72. The van der Waals surface area contributed by atoms with Gasteiger partial charge in [-0.3, -0.25) is 9.89 Å². The largest absolute Gasteiger partial charge is 0.369 e. The number of likely N-dealkylation sites (N-methyl/N-ethyl adjacent to an activating group) is 1. The Balaban J connectivity index is 1.82. The van der Waals surface area contributed by atoms with Gasteiger partial charge in [0.05, 0.1) is 28.9 Å². The third-order valence-corrected chi connectivity index (χ3v) is 6.22. The van der Waals surface area contributed by atoms with Crippen LogP contribution in [-0.4, -0.2) is 23.2 Å². The first-order valence-corrected chi connectivity index (χ1v) is 9.71. The average Bonchev–Trinajstić information content (AvgIpc) is 3.31. The molecule has 1 aromatic heterocycles. The van der Waals surface area contributed by atoms with Gasteiger partial charge in [-0.15, -0.1) is 0 Å². The van der Waals surface area contributed by atoms with Crippen molar-refractivity contribution in [2.75, 3.05) is 11.9 Å². The summed E-state index contributed by atoms with van der Waals surface area (Å²) < 4.78 is 0. The molecule has 3 aromatic carbocycles. The minimum atomic E-state index is -0.623. The summed E-state index contributed by atoms with van der Waals surface area (Å²) in [4.78, 5) is 15.2. The molecule has 29 heavy (non-hydrogen) atoms. The van der Waals surface area contributed by atoms with E-state index in [9.17, 15) is 4.79 Å². The van der Waals surface area contributed by atoms with Gasteiger partial charge < -0.3 is 10.6 Å². The van der Waals surface area contributed by atoms with E-state index in [2.05, 4.69) is 46.4 Å². The van der Waals surface area contributed by atoms with Crippen molar-refractivity contribution in [3.8, 4) is 0 Å². The zero-order valence-corrected chi connectivity index (χ0v) is 16.2. The van der Waals surface area contributed by atoms with Gasteiger partial charge in [-0.25, -0.2) is 0 Å². The normalized spacial score (nSPS) is 20.7. The molecule has 1 amide bonds. The number of carbonyl (C=O) groups excluding carboxylic acids is 1. The molecule has 5 heteroatoms. The second-order valence-electron chi connectivity index (χ2n) is 7.68. The van der Waals surface area contributed by atoms with E-state index >= 15 is 0 Å². The predicted octanol–water partition coefficient (Wildman–Crippen LogP) is 3.72. The smallest absolute Gasteiger partial charge is 0.227 e. The maximum Gasteiger partial charge on any atom is 0.227 e. The second kappa shape index (κ2) is 6.48. The molecule has 0 spiro atoms. The molecular formula is C24H22N4O. The molecule has 0 saturated carbocycles. The molecule has 4 aromatic rings. The van der Waals surface area contributed by atoms with Crippen molar-refractivity contribution in [3.63, 3.8) is 0 Å². The van der Waals surface area contributed by atoms with E-state index in [0.29, 0.717) is 6.42 Å². The Kier molecular flexibility index (Phi) is 3.91. The molecule has 1 aliphatic rings.